The van der Waals surface area contributed by atoms with Crippen LogP contribution in [0.4, 0.5) is 5.69 Å². The molecular weight excluding hydrogens is 396 g/mol. The Balaban J connectivity index is 0.00000113. The van der Waals surface area contributed by atoms with Crippen LogP contribution in [-0.2, 0) is 25.5 Å². The van der Waals surface area contributed by atoms with E-state index in [9.17, 15) is 10.0 Å². The number of anilines is 1. The summed E-state index contributed by atoms with van der Waals surface area (Å²) in [6.45, 7) is 5.06. The minimum Gasteiger partial charge on any atom is -0.464 e. The summed E-state index contributed by atoms with van der Waals surface area (Å²) in [6, 6.07) is 19.2. The Hall–Kier alpha value is -3.03. The van der Waals surface area contributed by atoms with Crippen molar-refractivity contribution in [3.05, 3.63) is 66.2 Å². The number of benzene rings is 2. The van der Waals surface area contributed by atoms with E-state index in [0.29, 0.717) is 25.3 Å². The van der Waals surface area contributed by atoms with Crippen molar-refractivity contribution in [3.8, 4) is 0 Å². The number of rotatable bonds is 8. The maximum atomic E-state index is 12.6. The third-order valence-corrected chi connectivity index (χ3v) is 4.92. The van der Waals surface area contributed by atoms with Crippen LogP contribution in [0, 0.1) is 0 Å². The van der Waals surface area contributed by atoms with Gasteiger partial charge in [-0.2, -0.15) is 10.2 Å². The number of unbranched alkanes of at least 4 members (excludes halogenated alkanes) is 1. The van der Waals surface area contributed by atoms with Gasteiger partial charge in [-0.15, -0.1) is 0 Å². The molecule has 168 valence electrons. The Kier molecular flexibility index (Phi) is 13.2. The van der Waals surface area contributed by atoms with Crippen molar-refractivity contribution < 1.29 is 24.3 Å². The molecule has 0 aromatic heterocycles. The van der Waals surface area contributed by atoms with Crippen LogP contribution in [0.1, 0.15) is 37.7 Å². The minimum absolute atomic E-state index is 0.246. The second-order valence-electron chi connectivity index (χ2n) is 6.91. The van der Waals surface area contributed by atoms with Crippen LogP contribution in [-0.4, -0.2) is 49.0 Å². The van der Waals surface area contributed by atoms with E-state index < -0.39 is 6.04 Å². The molecule has 1 heterocycles. The van der Waals surface area contributed by atoms with Crippen molar-refractivity contribution in [2.45, 2.75) is 44.6 Å². The molecular formula is C24H32N2O5. The van der Waals surface area contributed by atoms with Crippen molar-refractivity contribution in [1.82, 2.24) is 5.01 Å². The van der Waals surface area contributed by atoms with Gasteiger partial charge in [-0.05, 0) is 56.2 Å². The molecule has 1 aliphatic heterocycles. The Morgan fingerprint density at radius 2 is 1.58 bits per heavy atom. The summed E-state index contributed by atoms with van der Waals surface area (Å²) >= 11 is 0. The smallest absolute Gasteiger partial charge is 0.325 e. The Morgan fingerprint density at radius 3 is 2.23 bits per heavy atom. The normalized spacial score (nSPS) is 15.5. The minimum atomic E-state index is -0.432. The molecule has 31 heavy (non-hydrogen) atoms. The quantitative estimate of drug-likeness (QED) is 0.388. The molecule has 7 nitrogen and oxygen atoms in total. The maximum absolute atomic E-state index is 12.6. The first-order chi connectivity index (χ1) is 15.3. The number of carbonyl (C=O) groups excluding carboxylic acids is 3. The fourth-order valence-electron chi connectivity index (χ4n) is 3.44. The highest BCUT2D eigenvalue weighted by Crippen LogP contribution is 2.23. The molecule has 0 amide bonds. The number of piperidine rings is 1. The Labute approximate surface area is 184 Å². The molecule has 1 aliphatic rings. The van der Waals surface area contributed by atoms with E-state index in [2.05, 4.69) is 12.1 Å². The van der Waals surface area contributed by atoms with Gasteiger partial charge in [0.05, 0.1) is 12.3 Å². The summed E-state index contributed by atoms with van der Waals surface area (Å²) in [6.07, 6.45) is 5.44. The number of nitrogens with zero attached hydrogens (tertiary/aromatic N) is 2. The molecule has 0 saturated carbocycles. The molecule has 0 radical (unpaired) electrons. The number of para-hydroxylation sites is 1. The highest BCUT2D eigenvalue weighted by molar-refractivity contribution is 5.76. The third-order valence-electron chi connectivity index (χ3n) is 4.92. The summed E-state index contributed by atoms with van der Waals surface area (Å²) < 4.78 is 5.52. The Bertz CT molecular complexity index is 727. The predicted molar refractivity (Wildman–Crippen MR) is 120 cm³/mol. The van der Waals surface area contributed by atoms with E-state index in [0.717, 1.165) is 37.3 Å². The monoisotopic (exact) mass is 428 g/mol. The summed E-state index contributed by atoms with van der Waals surface area (Å²) in [7, 11) is 0. The lowest BCUT2D eigenvalue weighted by Crippen LogP contribution is -2.53. The van der Waals surface area contributed by atoms with Crippen molar-refractivity contribution in [3.63, 3.8) is 0 Å². The van der Waals surface area contributed by atoms with E-state index in [1.807, 2.05) is 62.1 Å². The zero-order valence-corrected chi connectivity index (χ0v) is 17.9. The van der Waals surface area contributed by atoms with E-state index in [1.54, 1.807) is 5.01 Å². The fourth-order valence-corrected chi connectivity index (χ4v) is 3.44. The third kappa shape index (κ3) is 8.70. The van der Waals surface area contributed by atoms with E-state index in [-0.39, 0.29) is 5.97 Å². The van der Waals surface area contributed by atoms with Crippen LogP contribution in [0.3, 0.4) is 0 Å². The van der Waals surface area contributed by atoms with Crippen molar-refractivity contribution >= 4 is 25.2 Å². The van der Waals surface area contributed by atoms with Crippen LogP contribution in [0.2, 0.25) is 0 Å². The first-order valence-corrected chi connectivity index (χ1v) is 10.3. The lowest BCUT2D eigenvalue weighted by atomic mass is 10.0. The van der Waals surface area contributed by atoms with Gasteiger partial charge in [0.15, 0.2) is 0 Å². The van der Waals surface area contributed by atoms with Gasteiger partial charge in [-0.3, -0.25) is 10.0 Å². The summed E-state index contributed by atoms with van der Waals surface area (Å²) in [5, 5.41) is 13.4. The number of esters is 1. The SMILES string of the molecule is C=O.C=O.O=C(OCCCCc1ccccc1)C1CCCCN1N(O)c1ccccc1. The number of carbonyl (C=O) groups is 3. The molecule has 7 heteroatoms. The molecule has 1 saturated heterocycles. The second kappa shape index (κ2) is 15.8. The molecule has 0 bridgehead atoms. The molecule has 1 unspecified atom stereocenters. The largest absolute Gasteiger partial charge is 0.464 e. The molecule has 2 aromatic rings. The van der Waals surface area contributed by atoms with Gasteiger partial charge in [0, 0.05) is 6.54 Å². The zero-order valence-electron chi connectivity index (χ0n) is 17.9. The molecule has 1 N–H and O–H groups in total. The van der Waals surface area contributed by atoms with Crippen molar-refractivity contribution in [2.24, 2.45) is 0 Å². The van der Waals surface area contributed by atoms with Gasteiger partial charge in [0.2, 0.25) is 0 Å². The maximum Gasteiger partial charge on any atom is 0.325 e. The van der Waals surface area contributed by atoms with Crippen molar-refractivity contribution in [2.75, 3.05) is 18.3 Å². The summed E-state index contributed by atoms with van der Waals surface area (Å²) in [5.74, 6) is -0.246. The molecule has 1 fully saturated rings. The second-order valence-corrected chi connectivity index (χ2v) is 6.91. The van der Waals surface area contributed by atoms with Gasteiger partial charge >= 0.3 is 5.97 Å². The van der Waals surface area contributed by atoms with Gasteiger partial charge in [-0.1, -0.05) is 48.5 Å². The average Bonchev–Trinajstić information content (AvgIpc) is 2.87. The molecule has 1 atom stereocenters. The number of ether oxygens (including phenoxy) is 1. The number of hydrogen-bond acceptors (Lipinski definition) is 7. The molecule has 2 aromatic carbocycles. The van der Waals surface area contributed by atoms with Gasteiger partial charge in [0.1, 0.15) is 19.6 Å². The van der Waals surface area contributed by atoms with E-state index in [1.165, 1.54) is 5.56 Å². The zero-order chi connectivity index (χ0) is 22.9. The van der Waals surface area contributed by atoms with Crippen LogP contribution in [0.15, 0.2) is 60.7 Å². The van der Waals surface area contributed by atoms with Gasteiger partial charge in [-0.25, -0.2) is 0 Å². The Morgan fingerprint density at radius 1 is 0.968 bits per heavy atom. The average molecular weight is 429 g/mol. The lowest BCUT2D eigenvalue weighted by molar-refractivity contribution is -0.154. The lowest BCUT2D eigenvalue weighted by Gasteiger charge is -2.38. The summed E-state index contributed by atoms with van der Waals surface area (Å²) in [5.41, 5.74) is 1.96. The number of hydrazine groups is 1. The highest BCUT2D eigenvalue weighted by Gasteiger charge is 2.33. The molecule has 0 spiro atoms. The molecule has 0 aliphatic carbocycles. The van der Waals surface area contributed by atoms with E-state index in [4.69, 9.17) is 14.3 Å². The van der Waals surface area contributed by atoms with Gasteiger partial charge in [0.25, 0.3) is 0 Å². The molecule has 3 rings (SSSR count). The van der Waals surface area contributed by atoms with Crippen LogP contribution in [0.5, 0.6) is 0 Å². The van der Waals surface area contributed by atoms with Crippen molar-refractivity contribution in [1.29, 1.82) is 0 Å². The highest BCUT2D eigenvalue weighted by atomic mass is 16.6. The fraction of sp³-hybridized carbons (Fsp3) is 0.375. The van der Waals surface area contributed by atoms with E-state index >= 15 is 0 Å². The number of hydrogen-bond donors (Lipinski definition) is 1. The van der Waals surface area contributed by atoms with Crippen LogP contribution < -0.4 is 5.17 Å². The topological polar surface area (TPSA) is 87.2 Å². The summed E-state index contributed by atoms with van der Waals surface area (Å²) in [4.78, 5) is 28.6. The van der Waals surface area contributed by atoms with Crippen LogP contribution >= 0.6 is 0 Å². The first kappa shape index (κ1) is 26.0. The van der Waals surface area contributed by atoms with Gasteiger partial charge < -0.3 is 14.3 Å². The van der Waals surface area contributed by atoms with Crippen LogP contribution in [0.25, 0.3) is 0 Å². The first-order valence-electron chi connectivity index (χ1n) is 10.3. The predicted octanol–water partition coefficient (Wildman–Crippen LogP) is 3.85. The standard InChI is InChI=1S/C22H28N2O3.2CH2O/c25-22(27-18-10-8-13-19-11-3-1-4-12-19)21-16-7-9-17-23(21)24(26)20-14-5-2-6-15-20;2*1-2/h1-6,11-12,14-15,21,26H,7-10,13,16-18H2;2*1H2. The number of aryl methyl sites for hydroxylation is 1.